The second-order valence-corrected chi connectivity index (χ2v) is 5.98. The summed E-state index contributed by atoms with van der Waals surface area (Å²) in [5.41, 5.74) is 1.34. The highest BCUT2D eigenvalue weighted by Gasteiger charge is 2.34. The van der Waals surface area contributed by atoms with Gasteiger partial charge in [-0.3, -0.25) is 0 Å². The van der Waals surface area contributed by atoms with Gasteiger partial charge in [0.1, 0.15) is 5.75 Å². The van der Waals surface area contributed by atoms with Crippen LogP contribution in [0.15, 0.2) is 24.3 Å². The highest BCUT2D eigenvalue weighted by atomic mass is 16.5. The number of piperidine rings is 1. The van der Waals surface area contributed by atoms with Gasteiger partial charge in [0.15, 0.2) is 0 Å². The number of rotatable bonds is 2. The van der Waals surface area contributed by atoms with Crippen LogP contribution in [0.3, 0.4) is 0 Å². The van der Waals surface area contributed by atoms with Gasteiger partial charge < -0.3 is 14.1 Å². The van der Waals surface area contributed by atoms with Crippen LogP contribution in [0.25, 0.3) is 0 Å². The predicted molar refractivity (Wildman–Crippen MR) is 78.8 cm³/mol. The van der Waals surface area contributed by atoms with E-state index in [4.69, 9.17) is 4.74 Å². The maximum absolute atomic E-state index is 5.22. The summed E-state index contributed by atoms with van der Waals surface area (Å²) >= 11 is 0. The molecule has 0 N–H and O–H groups in total. The Kier molecular flexibility index (Phi) is 3.65. The van der Waals surface area contributed by atoms with Gasteiger partial charge >= 0.3 is 0 Å². The van der Waals surface area contributed by atoms with Crippen molar-refractivity contribution in [1.29, 1.82) is 0 Å². The quantitative estimate of drug-likeness (QED) is 0.759. The van der Waals surface area contributed by atoms with E-state index >= 15 is 0 Å². The molecule has 19 heavy (non-hydrogen) atoms. The molecule has 104 valence electrons. The lowest BCUT2D eigenvalue weighted by molar-refractivity contribution is -0.932. The fourth-order valence-electron chi connectivity index (χ4n) is 3.57. The molecule has 2 heterocycles. The third-order valence-electron chi connectivity index (χ3n) is 4.89. The Morgan fingerprint density at radius 3 is 2.11 bits per heavy atom. The Hall–Kier alpha value is -1.22. The third kappa shape index (κ3) is 2.71. The molecule has 1 aromatic rings. The normalized spacial score (nSPS) is 22.5. The van der Waals surface area contributed by atoms with E-state index in [0.717, 1.165) is 5.75 Å². The molecule has 0 aromatic heterocycles. The SMILES string of the molecule is COc1ccc(N2CC[N+]3(CCCCC3)CC2)cc1. The van der Waals surface area contributed by atoms with Crippen LogP contribution in [0.1, 0.15) is 19.3 Å². The van der Waals surface area contributed by atoms with Crippen molar-refractivity contribution in [2.24, 2.45) is 0 Å². The third-order valence-corrected chi connectivity index (χ3v) is 4.89. The molecule has 0 bridgehead atoms. The maximum atomic E-state index is 5.22. The molecule has 3 rings (SSSR count). The molecule has 3 nitrogen and oxygen atoms in total. The predicted octanol–water partition coefficient (Wildman–Crippen LogP) is 2.52. The van der Waals surface area contributed by atoms with Crippen molar-refractivity contribution in [2.45, 2.75) is 19.3 Å². The first kappa shape index (κ1) is 12.8. The number of hydrogen-bond donors (Lipinski definition) is 0. The van der Waals surface area contributed by atoms with Crippen molar-refractivity contribution in [3.63, 3.8) is 0 Å². The molecule has 2 aliphatic heterocycles. The van der Waals surface area contributed by atoms with E-state index in [2.05, 4.69) is 29.2 Å². The Bertz CT molecular complexity index is 399. The zero-order valence-electron chi connectivity index (χ0n) is 12.0. The zero-order chi connectivity index (χ0) is 13.1. The molecular weight excluding hydrogens is 236 g/mol. The molecule has 2 fully saturated rings. The second-order valence-electron chi connectivity index (χ2n) is 5.98. The van der Waals surface area contributed by atoms with E-state index in [1.165, 1.54) is 68.7 Å². The van der Waals surface area contributed by atoms with Gasteiger partial charge in [0, 0.05) is 5.69 Å². The van der Waals surface area contributed by atoms with Gasteiger partial charge in [-0.25, -0.2) is 0 Å². The number of methoxy groups -OCH3 is 1. The molecule has 0 atom stereocenters. The molecule has 2 saturated heterocycles. The molecule has 2 aliphatic rings. The zero-order valence-corrected chi connectivity index (χ0v) is 12.0. The van der Waals surface area contributed by atoms with Crippen molar-refractivity contribution in [3.8, 4) is 5.75 Å². The first-order valence-corrected chi connectivity index (χ1v) is 7.55. The van der Waals surface area contributed by atoms with Crippen molar-refractivity contribution < 1.29 is 9.22 Å². The largest absolute Gasteiger partial charge is 0.497 e. The average molecular weight is 261 g/mol. The van der Waals surface area contributed by atoms with Gasteiger partial charge in [-0.2, -0.15) is 0 Å². The summed E-state index contributed by atoms with van der Waals surface area (Å²) in [6, 6.07) is 8.50. The van der Waals surface area contributed by atoms with E-state index in [9.17, 15) is 0 Å². The monoisotopic (exact) mass is 261 g/mol. The summed E-state index contributed by atoms with van der Waals surface area (Å²) in [6.07, 6.45) is 4.31. The van der Waals surface area contributed by atoms with E-state index in [1.54, 1.807) is 7.11 Å². The first-order valence-electron chi connectivity index (χ1n) is 7.55. The van der Waals surface area contributed by atoms with Gasteiger partial charge in [-0.05, 0) is 43.5 Å². The lowest BCUT2D eigenvalue weighted by Gasteiger charge is -2.47. The number of ether oxygens (including phenoxy) is 1. The number of anilines is 1. The van der Waals surface area contributed by atoms with Crippen LogP contribution in [0.4, 0.5) is 5.69 Å². The lowest BCUT2D eigenvalue weighted by Crippen LogP contribution is -2.61. The van der Waals surface area contributed by atoms with E-state index < -0.39 is 0 Å². The van der Waals surface area contributed by atoms with Crippen LogP contribution in [-0.4, -0.2) is 50.9 Å². The van der Waals surface area contributed by atoms with Gasteiger partial charge in [-0.15, -0.1) is 0 Å². The lowest BCUT2D eigenvalue weighted by atomic mass is 10.1. The fourth-order valence-corrected chi connectivity index (χ4v) is 3.57. The molecule has 0 saturated carbocycles. The summed E-state index contributed by atoms with van der Waals surface area (Å²) in [5, 5.41) is 0. The second kappa shape index (κ2) is 5.41. The molecule has 0 radical (unpaired) electrons. The Morgan fingerprint density at radius 1 is 0.895 bits per heavy atom. The molecular formula is C16H25N2O+. The maximum Gasteiger partial charge on any atom is 0.119 e. The molecule has 1 aromatic carbocycles. The standard InChI is InChI=1S/C16H25N2O/c1-19-16-7-5-15(6-8-16)17-9-13-18(14-10-17)11-3-2-4-12-18/h5-8H,2-4,9-14H2,1H3/q+1. The van der Waals surface area contributed by atoms with Crippen molar-refractivity contribution >= 4 is 5.69 Å². The minimum absolute atomic E-state index is 0.945. The number of piperazine rings is 1. The van der Waals surface area contributed by atoms with Crippen molar-refractivity contribution in [2.75, 3.05) is 51.3 Å². The first-order chi connectivity index (χ1) is 9.31. The van der Waals surface area contributed by atoms with Gasteiger partial charge in [0.25, 0.3) is 0 Å². The Balaban J connectivity index is 1.62. The molecule has 1 spiro atoms. The smallest absolute Gasteiger partial charge is 0.119 e. The van der Waals surface area contributed by atoms with E-state index in [0.29, 0.717) is 0 Å². The Morgan fingerprint density at radius 2 is 1.53 bits per heavy atom. The van der Waals surface area contributed by atoms with Crippen LogP contribution in [0.2, 0.25) is 0 Å². The number of hydrogen-bond acceptors (Lipinski definition) is 2. The topological polar surface area (TPSA) is 12.5 Å². The van der Waals surface area contributed by atoms with E-state index in [1.807, 2.05) is 0 Å². The highest BCUT2D eigenvalue weighted by molar-refractivity contribution is 5.49. The average Bonchev–Trinajstić information content (AvgIpc) is 2.49. The molecule has 3 heteroatoms. The van der Waals surface area contributed by atoms with Crippen molar-refractivity contribution in [3.05, 3.63) is 24.3 Å². The molecule has 0 amide bonds. The van der Waals surface area contributed by atoms with Gasteiger partial charge in [0.05, 0.1) is 46.4 Å². The molecule has 0 aliphatic carbocycles. The Labute approximate surface area is 116 Å². The van der Waals surface area contributed by atoms with Crippen molar-refractivity contribution in [1.82, 2.24) is 0 Å². The summed E-state index contributed by atoms with van der Waals surface area (Å²) < 4.78 is 6.61. The van der Waals surface area contributed by atoms with Crippen LogP contribution < -0.4 is 9.64 Å². The summed E-state index contributed by atoms with van der Waals surface area (Å²) in [7, 11) is 1.72. The number of nitrogens with zero attached hydrogens (tertiary/aromatic N) is 2. The van der Waals surface area contributed by atoms with Gasteiger partial charge in [0.2, 0.25) is 0 Å². The molecule has 0 unspecified atom stereocenters. The summed E-state index contributed by atoms with van der Waals surface area (Å²) in [6.45, 7) is 7.88. The van der Waals surface area contributed by atoms with Crippen LogP contribution >= 0.6 is 0 Å². The summed E-state index contributed by atoms with van der Waals surface area (Å²) in [5.74, 6) is 0.945. The minimum atomic E-state index is 0.945. The highest BCUT2D eigenvalue weighted by Crippen LogP contribution is 2.25. The minimum Gasteiger partial charge on any atom is -0.497 e. The van der Waals surface area contributed by atoms with Crippen LogP contribution in [0.5, 0.6) is 5.75 Å². The fraction of sp³-hybridized carbons (Fsp3) is 0.625. The van der Waals surface area contributed by atoms with E-state index in [-0.39, 0.29) is 0 Å². The summed E-state index contributed by atoms with van der Waals surface area (Å²) in [4.78, 5) is 2.53. The van der Waals surface area contributed by atoms with Gasteiger partial charge in [-0.1, -0.05) is 0 Å². The van der Waals surface area contributed by atoms with Crippen LogP contribution in [-0.2, 0) is 0 Å². The number of quaternary nitrogens is 1. The number of benzene rings is 1. The van der Waals surface area contributed by atoms with Crippen LogP contribution in [0, 0.1) is 0 Å².